The number of ketones is 1. The van der Waals surface area contributed by atoms with E-state index < -0.39 is 24.0 Å². The third-order valence-corrected chi connectivity index (χ3v) is 9.69. The number of rotatable bonds is 20. The van der Waals surface area contributed by atoms with Gasteiger partial charge in [-0.25, -0.2) is 0 Å². The van der Waals surface area contributed by atoms with Crippen molar-refractivity contribution < 1.29 is 28.7 Å². The number of nitrogens with zero attached hydrogens (tertiary/aromatic N) is 1. The topological polar surface area (TPSA) is 140 Å². The third-order valence-electron chi connectivity index (χ3n) is 9.69. The van der Waals surface area contributed by atoms with Gasteiger partial charge in [-0.05, 0) is 56.4 Å². The van der Waals surface area contributed by atoms with Gasteiger partial charge in [0, 0.05) is 26.7 Å². The predicted molar refractivity (Wildman–Crippen MR) is 170 cm³/mol. The lowest BCUT2D eigenvalue weighted by Crippen LogP contribution is -2.54. The quantitative estimate of drug-likeness (QED) is 0.192. The molecule has 1 rings (SSSR count). The molecule has 43 heavy (non-hydrogen) atoms. The number of primary amides is 1. The van der Waals surface area contributed by atoms with Gasteiger partial charge in [0.2, 0.25) is 17.7 Å². The summed E-state index contributed by atoms with van der Waals surface area (Å²) in [5, 5.41) is 6.06. The fraction of sp³-hybridized carbons (Fsp3) is 0.879. The molecule has 0 aromatic carbocycles. The first kappa shape index (κ1) is 39.0. The van der Waals surface area contributed by atoms with Gasteiger partial charge in [-0.3, -0.25) is 19.2 Å². The average molecular weight is 611 g/mol. The van der Waals surface area contributed by atoms with Gasteiger partial charge in [-0.2, -0.15) is 0 Å². The Morgan fingerprint density at radius 3 is 2.00 bits per heavy atom. The molecule has 0 saturated carbocycles. The minimum Gasteiger partial charge on any atom is -0.381 e. The summed E-state index contributed by atoms with van der Waals surface area (Å²) >= 11 is 0. The molecule has 0 aliphatic carbocycles. The normalized spacial score (nSPS) is 21.1. The van der Waals surface area contributed by atoms with E-state index in [0.717, 1.165) is 25.7 Å². The maximum atomic E-state index is 13.7. The molecule has 1 saturated heterocycles. The zero-order valence-electron chi connectivity index (χ0n) is 28.8. The van der Waals surface area contributed by atoms with Gasteiger partial charge in [0.15, 0.2) is 5.78 Å². The highest BCUT2D eigenvalue weighted by Gasteiger charge is 2.41. The van der Waals surface area contributed by atoms with Gasteiger partial charge >= 0.3 is 0 Å². The number of nitrogens with two attached hydrogens (primary N) is 1. The van der Waals surface area contributed by atoms with Crippen LogP contribution in [-0.2, 0) is 28.7 Å². The Balaban J connectivity index is 3.02. The van der Waals surface area contributed by atoms with Gasteiger partial charge in [0.25, 0.3) is 0 Å². The molecule has 1 aliphatic rings. The second-order valence-electron chi connectivity index (χ2n) is 13.3. The second-order valence-corrected chi connectivity index (χ2v) is 13.3. The van der Waals surface area contributed by atoms with Crippen molar-refractivity contribution in [2.75, 3.05) is 27.8 Å². The molecular formula is C33H62N4O6. The summed E-state index contributed by atoms with van der Waals surface area (Å²) in [6, 6.07) is -1.14. The summed E-state index contributed by atoms with van der Waals surface area (Å²) in [6.07, 6.45) is 3.32. The third kappa shape index (κ3) is 10.8. The van der Waals surface area contributed by atoms with E-state index in [1.165, 1.54) is 0 Å². The van der Waals surface area contributed by atoms with Crippen LogP contribution in [0.5, 0.6) is 0 Å². The first-order valence-corrected chi connectivity index (χ1v) is 16.3. The van der Waals surface area contributed by atoms with Crippen LogP contribution in [-0.4, -0.2) is 86.6 Å². The van der Waals surface area contributed by atoms with E-state index in [2.05, 4.69) is 24.5 Å². The van der Waals surface area contributed by atoms with Crippen LogP contribution in [0.25, 0.3) is 0 Å². The number of amides is 3. The largest absolute Gasteiger partial charge is 0.381 e. The number of Topliss-reactive ketones (excluding diaryl/α,β-unsaturated/α-hetero) is 1. The average Bonchev–Trinajstić information content (AvgIpc) is 3.44. The molecule has 0 bridgehead atoms. The van der Waals surface area contributed by atoms with Gasteiger partial charge in [-0.15, -0.1) is 0 Å². The Bertz CT molecular complexity index is 897. The Kier molecular flexibility index (Phi) is 16.9. The number of nitrogens with one attached hydrogen (secondary N) is 2. The summed E-state index contributed by atoms with van der Waals surface area (Å²) in [4.78, 5) is 54.0. The number of likely N-dealkylation sites (N-methyl/N-ethyl adjacent to an activating group) is 1. The highest BCUT2D eigenvalue weighted by molar-refractivity contribution is 5.92. The molecule has 10 nitrogen and oxygen atoms in total. The second kappa shape index (κ2) is 18.7. The Labute approximate surface area is 260 Å². The lowest BCUT2D eigenvalue weighted by atomic mass is 9.79. The number of carbonyl (C=O) groups excluding carboxylic acids is 4. The number of ether oxygens (including phenoxy) is 2. The van der Waals surface area contributed by atoms with E-state index in [-0.39, 0.29) is 71.8 Å². The van der Waals surface area contributed by atoms with Crippen LogP contribution in [0.1, 0.15) is 93.9 Å². The maximum Gasteiger partial charge on any atom is 0.237 e. The molecule has 250 valence electrons. The summed E-state index contributed by atoms with van der Waals surface area (Å²) < 4.78 is 11.6. The lowest BCUT2D eigenvalue weighted by Gasteiger charge is -2.36. The van der Waals surface area contributed by atoms with Crippen LogP contribution in [0, 0.1) is 35.5 Å². The van der Waals surface area contributed by atoms with E-state index >= 15 is 0 Å². The van der Waals surface area contributed by atoms with Crippen LogP contribution >= 0.6 is 0 Å². The number of carbonyl (C=O) groups is 4. The van der Waals surface area contributed by atoms with Crippen LogP contribution in [0.2, 0.25) is 0 Å². The van der Waals surface area contributed by atoms with Crippen molar-refractivity contribution >= 4 is 23.5 Å². The fourth-order valence-corrected chi connectivity index (χ4v) is 6.61. The molecule has 0 aromatic heterocycles. The molecule has 1 unspecified atom stereocenters. The van der Waals surface area contributed by atoms with Crippen molar-refractivity contribution in [3.05, 3.63) is 0 Å². The smallest absolute Gasteiger partial charge is 0.237 e. The molecule has 0 aromatic rings. The zero-order chi connectivity index (χ0) is 33.0. The van der Waals surface area contributed by atoms with Gasteiger partial charge in [0.1, 0.15) is 0 Å². The summed E-state index contributed by atoms with van der Waals surface area (Å²) in [7, 11) is 4.96. The van der Waals surface area contributed by atoms with E-state index in [0.29, 0.717) is 13.0 Å². The first-order valence-electron chi connectivity index (χ1n) is 16.3. The molecule has 4 N–H and O–H groups in total. The van der Waals surface area contributed by atoms with Crippen molar-refractivity contribution in [2.45, 2.75) is 124 Å². The standard InChI is InChI=1S/C33H62N4O6/c1-12-21(6)24(16-15-22(7)30(39)28(19(2)3)36-33(41)29(35-9)20(4)5)26(42-10)18-27(38)37-17-13-14-25(37)31(43-11)23(8)32(34)40/h19-26,28-29,31,35H,12-18H2,1-11H3,(H2,34,40)(H,36,41)/t21-,22?,23+,24-,25-,26+,28-,29-,31+/m0/s1. The Morgan fingerprint density at radius 2 is 1.53 bits per heavy atom. The number of likely N-dealkylation sites (tertiary alicyclic amines) is 1. The van der Waals surface area contributed by atoms with Gasteiger partial charge in [0.05, 0.1) is 42.7 Å². The number of hydrogen-bond donors (Lipinski definition) is 3. The fourth-order valence-electron chi connectivity index (χ4n) is 6.61. The monoisotopic (exact) mass is 610 g/mol. The zero-order valence-corrected chi connectivity index (χ0v) is 28.8. The van der Waals surface area contributed by atoms with Crippen LogP contribution < -0.4 is 16.4 Å². The molecular weight excluding hydrogens is 548 g/mol. The molecule has 1 heterocycles. The Hall–Kier alpha value is -2.04. The predicted octanol–water partition coefficient (Wildman–Crippen LogP) is 3.55. The molecule has 9 atom stereocenters. The van der Waals surface area contributed by atoms with E-state index in [9.17, 15) is 19.2 Å². The molecule has 1 aliphatic heterocycles. The van der Waals surface area contributed by atoms with Crippen molar-refractivity contribution in [3.8, 4) is 0 Å². The van der Waals surface area contributed by atoms with Crippen molar-refractivity contribution in [1.82, 2.24) is 15.5 Å². The number of hydrogen-bond acceptors (Lipinski definition) is 7. The van der Waals surface area contributed by atoms with E-state index in [4.69, 9.17) is 15.2 Å². The Morgan fingerprint density at radius 1 is 0.930 bits per heavy atom. The molecule has 0 radical (unpaired) electrons. The van der Waals surface area contributed by atoms with Crippen LogP contribution in [0.4, 0.5) is 0 Å². The highest BCUT2D eigenvalue weighted by atomic mass is 16.5. The van der Waals surface area contributed by atoms with E-state index in [1.54, 1.807) is 28.2 Å². The summed E-state index contributed by atoms with van der Waals surface area (Å²) in [6.45, 7) is 16.4. The lowest BCUT2D eigenvalue weighted by molar-refractivity contribution is -0.142. The van der Waals surface area contributed by atoms with E-state index in [1.807, 2.05) is 39.5 Å². The minimum absolute atomic E-state index is 0.0164. The highest BCUT2D eigenvalue weighted by Crippen LogP contribution is 2.32. The van der Waals surface area contributed by atoms with Crippen molar-refractivity contribution in [1.29, 1.82) is 0 Å². The molecule has 0 spiro atoms. The maximum absolute atomic E-state index is 13.7. The SMILES string of the molecule is CC[C@H](C)[C@H](CCC(C)C(=O)[C@@H](NC(=O)[C@@H](NC)C(C)C)C(C)C)[C@@H](CC(=O)N1CCC[C@H]1[C@H](OC)[C@@H](C)C(N)=O)OC. The summed E-state index contributed by atoms with van der Waals surface area (Å²) in [5.74, 6) is -0.961. The number of methoxy groups -OCH3 is 2. The van der Waals surface area contributed by atoms with Crippen LogP contribution in [0.15, 0.2) is 0 Å². The van der Waals surface area contributed by atoms with Crippen molar-refractivity contribution in [3.63, 3.8) is 0 Å². The van der Waals surface area contributed by atoms with Gasteiger partial charge in [-0.1, -0.05) is 61.8 Å². The molecule has 3 amide bonds. The van der Waals surface area contributed by atoms with Crippen LogP contribution in [0.3, 0.4) is 0 Å². The van der Waals surface area contributed by atoms with Crippen molar-refractivity contribution in [2.24, 2.45) is 41.2 Å². The minimum atomic E-state index is -0.567. The first-order chi connectivity index (χ1) is 20.2. The molecule has 10 heteroatoms. The molecule has 1 fully saturated rings. The summed E-state index contributed by atoms with van der Waals surface area (Å²) in [5.41, 5.74) is 5.57. The van der Waals surface area contributed by atoms with Gasteiger partial charge < -0.3 is 30.7 Å².